The maximum absolute atomic E-state index is 12.8. The molecule has 2 heterocycles. The zero-order valence-corrected chi connectivity index (χ0v) is 15.6. The summed E-state index contributed by atoms with van der Waals surface area (Å²) in [5.41, 5.74) is 1.14. The lowest BCUT2D eigenvalue weighted by Crippen LogP contribution is -2.42. The zero-order chi connectivity index (χ0) is 19.0. The quantitative estimate of drug-likeness (QED) is 0.781. The fraction of sp³-hybridized carbons (Fsp3) is 0.409. The zero-order valence-electron chi connectivity index (χ0n) is 15.6. The lowest BCUT2D eigenvalue weighted by Gasteiger charge is -2.31. The number of likely N-dealkylation sites (tertiary alicyclic amines) is 1. The van der Waals surface area contributed by atoms with Crippen LogP contribution in [-0.2, 0) is 4.79 Å². The highest BCUT2D eigenvalue weighted by molar-refractivity contribution is 6.25. The van der Waals surface area contributed by atoms with E-state index in [9.17, 15) is 14.4 Å². The molecular formula is C22H24N2O3. The van der Waals surface area contributed by atoms with Gasteiger partial charge in [-0.15, -0.1) is 0 Å². The SMILES string of the molecule is CC1CCCN(C(=O)CCCN2C(=O)c3cccc4cccc(c34)C2=O)C1. The first-order valence-electron chi connectivity index (χ1n) is 9.72. The van der Waals surface area contributed by atoms with Crippen molar-refractivity contribution in [2.45, 2.75) is 32.6 Å². The number of carbonyl (C=O) groups excluding carboxylic acids is 3. The summed E-state index contributed by atoms with van der Waals surface area (Å²) >= 11 is 0. The summed E-state index contributed by atoms with van der Waals surface area (Å²) in [6.45, 7) is 4.08. The van der Waals surface area contributed by atoms with E-state index in [0.29, 0.717) is 29.9 Å². The van der Waals surface area contributed by atoms with E-state index in [4.69, 9.17) is 0 Å². The van der Waals surface area contributed by atoms with Gasteiger partial charge in [-0.05, 0) is 42.7 Å². The number of benzene rings is 2. The van der Waals surface area contributed by atoms with Crippen molar-refractivity contribution in [1.82, 2.24) is 9.80 Å². The first-order chi connectivity index (χ1) is 13.1. The van der Waals surface area contributed by atoms with Gasteiger partial charge in [-0.2, -0.15) is 0 Å². The summed E-state index contributed by atoms with van der Waals surface area (Å²) in [7, 11) is 0. The van der Waals surface area contributed by atoms with E-state index in [2.05, 4.69) is 6.92 Å². The van der Waals surface area contributed by atoms with E-state index in [0.717, 1.165) is 30.3 Å². The van der Waals surface area contributed by atoms with Gasteiger partial charge in [-0.3, -0.25) is 19.3 Å². The molecule has 140 valence electrons. The molecule has 0 saturated carbocycles. The molecule has 2 aromatic rings. The Balaban J connectivity index is 1.45. The standard InChI is InChI=1S/C22H24N2O3/c1-15-6-4-12-23(14-15)19(25)11-5-13-24-21(26)17-9-2-7-16-8-3-10-18(20(16)17)22(24)27/h2-3,7-10,15H,4-6,11-14H2,1H3. The molecule has 1 unspecified atom stereocenters. The topological polar surface area (TPSA) is 57.7 Å². The minimum absolute atomic E-state index is 0.126. The highest BCUT2D eigenvalue weighted by Gasteiger charge is 2.32. The molecule has 27 heavy (non-hydrogen) atoms. The van der Waals surface area contributed by atoms with Crippen molar-refractivity contribution in [2.75, 3.05) is 19.6 Å². The Morgan fingerprint density at radius 3 is 2.37 bits per heavy atom. The molecule has 0 radical (unpaired) electrons. The summed E-state index contributed by atoms with van der Waals surface area (Å²) in [4.78, 5) is 41.3. The third-order valence-electron chi connectivity index (χ3n) is 5.64. The molecule has 3 amide bonds. The number of nitrogens with zero attached hydrogens (tertiary/aromatic N) is 2. The van der Waals surface area contributed by atoms with Crippen LogP contribution in [0.4, 0.5) is 0 Å². The smallest absolute Gasteiger partial charge is 0.261 e. The van der Waals surface area contributed by atoms with E-state index in [1.807, 2.05) is 29.2 Å². The Hall–Kier alpha value is -2.69. The van der Waals surface area contributed by atoms with Gasteiger partial charge in [-0.1, -0.05) is 31.2 Å². The van der Waals surface area contributed by atoms with Crippen molar-refractivity contribution in [3.8, 4) is 0 Å². The van der Waals surface area contributed by atoms with Crippen LogP contribution in [0.5, 0.6) is 0 Å². The van der Waals surface area contributed by atoms with Gasteiger partial charge in [0.15, 0.2) is 0 Å². The number of hydrogen-bond acceptors (Lipinski definition) is 3. The minimum Gasteiger partial charge on any atom is -0.342 e. The van der Waals surface area contributed by atoms with Crippen molar-refractivity contribution in [2.24, 2.45) is 5.92 Å². The minimum atomic E-state index is -0.261. The largest absolute Gasteiger partial charge is 0.342 e. The van der Waals surface area contributed by atoms with Gasteiger partial charge in [-0.25, -0.2) is 0 Å². The third-order valence-corrected chi connectivity index (χ3v) is 5.64. The summed E-state index contributed by atoms with van der Waals surface area (Å²) in [5, 5.41) is 1.64. The van der Waals surface area contributed by atoms with E-state index >= 15 is 0 Å². The normalized spacial score (nSPS) is 19.7. The van der Waals surface area contributed by atoms with Crippen LogP contribution in [0.15, 0.2) is 36.4 Å². The average molecular weight is 364 g/mol. The summed E-state index contributed by atoms with van der Waals surface area (Å²) in [6, 6.07) is 11.1. The van der Waals surface area contributed by atoms with Crippen molar-refractivity contribution >= 4 is 28.5 Å². The first kappa shape index (κ1) is 17.7. The van der Waals surface area contributed by atoms with Crippen LogP contribution < -0.4 is 0 Å². The second kappa shape index (κ2) is 7.14. The second-order valence-corrected chi connectivity index (χ2v) is 7.66. The first-order valence-corrected chi connectivity index (χ1v) is 9.72. The Labute approximate surface area is 158 Å². The molecule has 1 saturated heterocycles. The molecule has 0 spiro atoms. The van der Waals surface area contributed by atoms with Gasteiger partial charge in [0, 0.05) is 42.6 Å². The Kier molecular flexibility index (Phi) is 4.68. The number of carbonyl (C=O) groups is 3. The number of piperidine rings is 1. The van der Waals surface area contributed by atoms with Gasteiger partial charge < -0.3 is 4.90 Å². The molecule has 5 heteroatoms. The highest BCUT2D eigenvalue weighted by atomic mass is 16.2. The Morgan fingerprint density at radius 2 is 1.74 bits per heavy atom. The van der Waals surface area contributed by atoms with E-state index in [1.165, 1.54) is 11.3 Å². The van der Waals surface area contributed by atoms with Crippen LogP contribution >= 0.6 is 0 Å². The van der Waals surface area contributed by atoms with Crippen molar-refractivity contribution in [1.29, 1.82) is 0 Å². The third kappa shape index (κ3) is 3.22. The number of rotatable bonds is 4. The lowest BCUT2D eigenvalue weighted by atomic mass is 9.94. The van der Waals surface area contributed by atoms with Crippen LogP contribution in [0, 0.1) is 5.92 Å². The average Bonchev–Trinajstić information content (AvgIpc) is 2.68. The number of hydrogen-bond donors (Lipinski definition) is 0. The van der Waals surface area contributed by atoms with Crippen LogP contribution in [-0.4, -0.2) is 47.2 Å². The molecule has 5 nitrogen and oxygen atoms in total. The molecule has 0 bridgehead atoms. The van der Waals surface area contributed by atoms with E-state index in [-0.39, 0.29) is 24.3 Å². The summed E-state index contributed by atoms with van der Waals surface area (Å²) < 4.78 is 0. The Bertz CT molecular complexity index is 870. The monoisotopic (exact) mass is 364 g/mol. The molecule has 0 N–H and O–H groups in total. The van der Waals surface area contributed by atoms with E-state index in [1.54, 1.807) is 12.1 Å². The molecule has 2 aromatic carbocycles. The van der Waals surface area contributed by atoms with Crippen LogP contribution in [0.3, 0.4) is 0 Å². The van der Waals surface area contributed by atoms with E-state index < -0.39 is 0 Å². The van der Waals surface area contributed by atoms with Crippen LogP contribution in [0.25, 0.3) is 10.8 Å². The molecule has 0 aromatic heterocycles. The molecule has 0 aliphatic carbocycles. The molecule has 2 aliphatic heterocycles. The summed E-state index contributed by atoms with van der Waals surface area (Å²) in [5.74, 6) is 0.151. The molecule has 1 fully saturated rings. The van der Waals surface area contributed by atoms with Gasteiger partial charge in [0.2, 0.25) is 5.91 Å². The molecule has 2 aliphatic rings. The maximum Gasteiger partial charge on any atom is 0.261 e. The predicted octanol–water partition coefficient (Wildman–Crippen LogP) is 3.47. The molecule has 1 atom stereocenters. The molecule has 4 rings (SSSR count). The van der Waals surface area contributed by atoms with Crippen LogP contribution in [0.1, 0.15) is 53.3 Å². The Morgan fingerprint density at radius 1 is 1.07 bits per heavy atom. The predicted molar refractivity (Wildman–Crippen MR) is 104 cm³/mol. The fourth-order valence-electron chi connectivity index (χ4n) is 4.25. The van der Waals surface area contributed by atoms with Gasteiger partial charge in [0.05, 0.1) is 0 Å². The van der Waals surface area contributed by atoms with Gasteiger partial charge in [0.25, 0.3) is 11.8 Å². The number of amides is 3. The highest BCUT2D eigenvalue weighted by Crippen LogP contribution is 2.30. The van der Waals surface area contributed by atoms with Gasteiger partial charge in [0.1, 0.15) is 0 Å². The second-order valence-electron chi connectivity index (χ2n) is 7.66. The fourth-order valence-corrected chi connectivity index (χ4v) is 4.25. The summed E-state index contributed by atoms with van der Waals surface area (Å²) in [6.07, 6.45) is 3.09. The van der Waals surface area contributed by atoms with Crippen molar-refractivity contribution < 1.29 is 14.4 Å². The van der Waals surface area contributed by atoms with Crippen molar-refractivity contribution in [3.63, 3.8) is 0 Å². The van der Waals surface area contributed by atoms with Gasteiger partial charge >= 0.3 is 0 Å². The van der Waals surface area contributed by atoms with Crippen molar-refractivity contribution in [3.05, 3.63) is 47.5 Å². The lowest BCUT2D eigenvalue weighted by molar-refractivity contribution is -0.133. The van der Waals surface area contributed by atoms with Crippen LogP contribution in [0.2, 0.25) is 0 Å². The molecular weight excluding hydrogens is 340 g/mol. The number of imide groups is 1. The maximum atomic E-state index is 12.8.